The second-order valence-electron chi connectivity index (χ2n) is 3.59. The van der Waals surface area contributed by atoms with Crippen LogP contribution in [0.3, 0.4) is 0 Å². The third-order valence-corrected chi connectivity index (χ3v) is 3.48. The zero-order valence-corrected chi connectivity index (χ0v) is 10.1. The van der Waals surface area contributed by atoms with Gasteiger partial charge in [-0.3, -0.25) is 9.97 Å². The van der Waals surface area contributed by atoms with Crippen LogP contribution in [0.1, 0.15) is 23.0 Å². The van der Waals surface area contributed by atoms with Gasteiger partial charge in [0.25, 0.3) is 0 Å². The summed E-state index contributed by atoms with van der Waals surface area (Å²) in [7, 11) is 1.97. The van der Waals surface area contributed by atoms with Crippen molar-refractivity contribution in [2.24, 2.45) is 0 Å². The SMILES string of the molecule is CNC(CCc1cccs1)c1cnccn1. The molecule has 0 fully saturated rings. The van der Waals surface area contributed by atoms with Gasteiger partial charge in [-0.05, 0) is 31.3 Å². The van der Waals surface area contributed by atoms with Gasteiger partial charge in [0.1, 0.15) is 0 Å². The van der Waals surface area contributed by atoms with Crippen LogP contribution in [-0.4, -0.2) is 17.0 Å². The third kappa shape index (κ3) is 2.87. The van der Waals surface area contributed by atoms with Crippen molar-refractivity contribution in [3.63, 3.8) is 0 Å². The molecule has 84 valence electrons. The van der Waals surface area contributed by atoms with E-state index in [1.807, 2.05) is 13.2 Å². The van der Waals surface area contributed by atoms with Gasteiger partial charge in [0.2, 0.25) is 0 Å². The molecule has 3 nitrogen and oxygen atoms in total. The number of aromatic nitrogens is 2. The number of hydrogen-bond donors (Lipinski definition) is 1. The molecule has 0 saturated heterocycles. The summed E-state index contributed by atoms with van der Waals surface area (Å²) in [5.41, 5.74) is 1.02. The van der Waals surface area contributed by atoms with Gasteiger partial charge in [-0.25, -0.2) is 0 Å². The first-order valence-electron chi connectivity index (χ1n) is 5.35. The molecule has 0 aliphatic heterocycles. The van der Waals surface area contributed by atoms with Crippen LogP contribution in [0.5, 0.6) is 0 Å². The summed E-state index contributed by atoms with van der Waals surface area (Å²) in [5.74, 6) is 0. The van der Waals surface area contributed by atoms with Gasteiger partial charge in [0.15, 0.2) is 0 Å². The van der Waals surface area contributed by atoms with Gasteiger partial charge in [-0.15, -0.1) is 11.3 Å². The molecule has 0 spiro atoms. The zero-order valence-electron chi connectivity index (χ0n) is 9.26. The Kier molecular flexibility index (Phi) is 4.02. The van der Waals surface area contributed by atoms with Gasteiger partial charge in [0, 0.05) is 23.5 Å². The maximum Gasteiger partial charge on any atom is 0.0756 e. The van der Waals surface area contributed by atoms with Crippen molar-refractivity contribution in [1.29, 1.82) is 0 Å². The van der Waals surface area contributed by atoms with Crippen LogP contribution in [0.25, 0.3) is 0 Å². The Morgan fingerprint density at radius 2 is 2.38 bits per heavy atom. The molecule has 0 aromatic carbocycles. The van der Waals surface area contributed by atoms with Crippen molar-refractivity contribution in [1.82, 2.24) is 15.3 Å². The topological polar surface area (TPSA) is 37.8 Å². The average Bonchev–Trinajstić information content (AvgIpc) is 2.84. The lowest BCUT2D eigenvalue weighted by Crippen LogP contribution is -2.18. The summed E-state index contributed by atoms with van der Waals surface area (Å²) in [4.78, 5) is 9.85. The van der Waals surface area contributed by atoms with Crippen LogP contribution >= 0.6 is 11.3 Å². The molecule has 0 amide bonds. The van der Waals surface area contributed by atoms with Gasteiger partial charge >= 0.3 is 0 Å². The van der Waals surface area contributed by atoms with Crippen molar-refractivity contribution in [2.45, 2.75) is 18.9 Å². The lowest BCUT2D eigenvalue weighted by Gasteiger charge is -2.14. The zero-order chi connectivity index (χ0) is 11.2. The van der Waals surface area contributed by atoms with E-state index in [0.717, 1.165) is 18.5 Å². The largest absolute Gasteiger partial charge is 0.312 e. The van der Waals surface area contributed by atoms with Crippen LogP contribution in [0, 0.1) is 0 Å². The van der Waals surface area contributed by atoms with E-state index in [1.54, 1.807) is 23.7 Å². The summed E-state index contributed by atoms with van der Waals surface area (Å²) in [6, 6.07) is 4.56. The standard InChI is InChI=1S/C12H15N3S/c1-13-11(12-9-14-6-7-15-12)5-4-10-3-2-8-16-10/h2-3,6-9,11,13H,4-5H2,1H3. The van der Waals surface area contributed by atoms with Crippen molar-refractivity contribution in [3.8, 4) is 0 Å². The summed E-state index contributed by atoms with van der Waals surface area (Å²) >= 11 is 1.81. The minimum atomic E-state index is 0.288. The number of nitrogens with one attached hydrogen (secondary N) is 1. The van der Waals surface area contributed by atoms with E-state index in [2.05, 4.69) is 32.8 Å². The molecule has 0 radical (unpaired) electrons. The minimum Gasteiger partial charge on any atom is -0.312 e. The van der Waals surface area contributed by atoms with Crippen LogP contribution in [0.2, 0.25) is 0 Å². The highest BCUT2D eigenvalue weighted by atomic mass is 32.1. The predicted molar refractivity (Wildman–Crippen MR) is 66.5 cm³/mol. The van der Waals surface area contributed by atoms with Crippen molar-refractivity contribution >= 4 is 11.3 Å². The molecule has 4 heteroatoms. The summed E-state index contributed by atoms with van der Waals surface area (Å²) in [6.07, 6.45) is 7.41. The normalized spacial score (nSPS) is 12.6. The molecule has 2 aromatic heterocycles. The van der Waals surface area contributed by atoms with Crippen molar-refractivity contribution in [2.75, 3.05) is 7.05 Å². The Balaban J connectivity index is 1.96. The Morgan fingerprint density at radius 3 is 3.00 bits per heavy atom. The fourth-order valence-corrected chi connectivity index (χ4v) is 2.40. The van der Waals surface area contributed by atoms with Crippen LogP contribution in [-0.2, 0) is 6.42 Å². The van der Waals surface area contributed by atoms with Crippen molar-refractivity contribution in [3.05, 3.63) is 46.7 Å². The number of rotatable bonds is 5. The van der Waals surface area contributed by atoms with E-state index >= 15 is 0 Å². The first-order chi connectivity index (χ1) is 7.90. The van der Waals surface area contributed by atoms with Crippen LogP contribution < -0.4 is 5.32 Å². The second kappa shape index (κ2) is 5.72. The predicted octanol–water partition coefficient (Wildman–Crippen LogP) is 2.43. The Labute approximate surface area is 99.6 Å². The summed E-state index contributed by atoms with van der Waals surface area (Å²) in [6.45, 7) is 0. The second-order valence-corrected chi connectivity index (χ2v) is 4.62. The van der Waals surface area contributed by atoms with Crippen LogP contribution in [0.15, 0.2) is 36.1 Å². The quantitative estimate of drug-likeness (QED) is 0.862. The highest BCUT2D eigenvalue weighted by molar-refractivity contribution is 7.09. The molecule has 16 heavy (non-hydrogen) atoms. The number of nitrogens with zero attached hydrogens (tertiary/aromatic N) is 2. The van der Waals surface area contributed by atoms with Crippen molar-refractivity contribution < 1.29 is 0 Å². The first-order valence-corrected chi connectivity index (χ1v) is 6.23. The third-order valence-electron chi connectivity index (χ3n) is 2.55. The number of aryl methyl sites for hydroxylation is 1. The Morgan fingerprint density at radius 1 is 1.44 bits per heavy atom. The lowest BCUT2D eigenvalue weighted by atomic mass is 10.1. The fraction of sp³-hybridized carbons (Fsp3) is 0.333. The highest BCUT2D eigenvalue weighted by Crippen LogP contribution is 2.18. The van der Waals surface area contributed by atoms with Gasteiger partial charge in [-0.1, -0.05) is 6.07 Å². The molecule has 2 heterocycles. The van der Waals surface area contributed by atoms with E-state index in [0.29, 0.717) is 0 Å². The number of thiophene rings is 1. The minimum absolute atomic E-state index is 0.288. The smallest absolute Gasteiger partial charge is 0.0756 e. The lowest BCUT2D eigenvalue weighted by molar-refractivity contribution is 0.535. The summed E-state index contributed by atoms with van der Waals surface area (Å²) in [5, 5.41) is 5.40. The van der Waals surface area contributed by atoms with E-state index in [-0.39, 0.29) is 6.04 Å². The monoisotopic (exact) mass is 233 g/mol. The molecule has 0 aliphatic rings. The van der Waals surface area contributed by atoms with E-state index in [4.69, 9.17) is 0 Å². The maximum atomic E-state index is 4.33. The molecule has 0 bridgehead atoms. The van der Waals surface area contributed by atoms with Gasteiger partial charge < -0.3 is 5.32 Å². The highest BCUT2D eigenvalue weighted by Gasteiger charge is 2.10. The molecule has 0 saturated carbocycles. The fourth-order valence-electron chi connectivity index (χ4n) is 1.67. The van der Waals surface area contributed by atoms with Gasteiger partial charge in [-0.2, -0.15) is 0 Å². The van der Waals surface area contributed by atoms with Crippen LogP contribution in [0.4, 0.5) is 0 Å². The average molecular weight is 233 g/mol. The number of hydrogen-bond acceptors (Lipinski definition) is 4. The van der Waals surface area contributed by atoms with E-state index in [1.165, 1.54) is 4.88 Å². The molecule has 0 aliphatic carbocycles. The first kappa shape index (κ1) is 11.2. The molecule has 1 unspecified atom stereocenters. The Hall–Kier alpha value is -1.26. The maximum absolute atomic E-state index is 4.33. The molecule has 2 rings (SSSR count). The molecule has 1 atom stereocenters. The molecule has 1 N–H and O–H groups in total. The Bertz CT molecular complexity index is 399. The molecule has 2 aromatic rings. The van der Waals surface area contributed by atoms with E-state index < -0.39 is 0 Å². The van der Waals surface area contributed by atoms with Gasteiger partial charge in [0.05, 0.1) is 11.7 Å². The molecular weight excluding hydrogens is 218 g/mol. The summed E-state index contributed by atoms with van der Waals surface area (Å²) < 4.78 is 0. The van der Waals surface area contributed by atoms with E-state index in [9.17, 15) is 0 Å². The molecular formula is C12H15N3S.